The molecule has 2 aromatic rings. The smallest absolute Gasteiger partial charge is 0.407 e. The second-order valence-electron chi connectivity index (χ2n) is 7.63. The summed E-state index contributed by atoms with van der Waals surface area (Å²) in [5, 5.41) is 27.6. The van der Waals surface area contributed by atoms with E-state index in [0.717, 1.165) is 11.3 Å². The van der Waals surface area contributed by atoms with Gasteiger partial charge in [-0.05, 0) is 38.8 Å². The summed E-state index contributed by atoms with van der Waals surface area (Å²) >= 11 is 0. The van der Waals surface area contributed by atoms with Crippen LogP contribution >= 0.6 is 0 Å². The molecule has 1 amide bonds. The second-order valence-corrected chi connectivity index (χ2v) is 7.63. The molecule has 0 aliphatic heterocycles. The summed E-state index contributed by atoms with van der Waals surface area (Å²) < 4.78 is 6.86. The number of rotatable bonds is 6. The Labute approximate surface area is 164 Å². The molecular formula is C20H27N3O5. The highest BCUT2D eigenvalue weighted by molar-refractivity contribution is 5.82. The van der Waals surface area contributed by atoms with E-state index in [1.165, 1.54) is 12.1 Å². The highest BCUT2D eigenvalue weighted by Gasteiger charge is 2.46. The molecule has 28 heavy (non-hydrogen) atoms. The number of aryl methyl sites for hydroxylation is 1. The van der Waals surface area contributed by atoms with Crippen LogP contribution in [-0.4, -0.2) is 43.7 Å². The van der Waals surface area contributed by atoms with E-state index >= 15 is 0 Å². The van der Waals surface area contributed by atoms with Gasteiger partial charge in [0.1, 0.15) is 5.60 Å². The Balaban J connectivity index is 2.32. The van der Waals surface area contributed by atoms with Crippen molar-refractivity contribution >= 4 is 12.1 Å². The van der Waals surface area contributed by atoms with Crippen LogP contribution in [0.2, 0.25) is 0 Å². The topological polar surface area (TPSA) is 114 Å². The minimum atomic E-state index is -2.31. The van der Waals surface area contributed by atoms with Crippen molar-refractivity contribution in [2.45, 2.75) is 51.4 Å². The molecule has 0 aliphatic carbocycles. The number of hydrogen-bond acceptors (Lipinski definition) is 5. The summed E-state index contributed by atoms with van der Waals surface area (Å²) in [6, 6.07) is 7.17. The van der Waals surface area contributed by atoms with E-state index in [2.05, 4.69) is 10.4 Å². The number of alkyl carbamates (subject to hydrolysis) is 1. The number of aromatic nitrogens is 2. The normalized spacial score (nSPS) is 14.8. The van der Waals surface area contributed by atoms with Crippen LogP contribution < -0.4 is 5.32 Å². The molecule has 0 aliphatic rings. The first-order chi connectivity index (χ1) is 13.0. The minimum Gasteiger partial charge on any atom is -0.479 e. The van der Waals surface area contributed by atoms with Gasteiger partial charge in [-0.3, -0.25) is 4.68 Å². The lowest BCUT2D eigenvalue weighted by Crippen LogP contribution is -2.55. The van der Waals surface area contributed by atoms with Crippen LogP contribution in [0.25, 0.3) is 11.3 Å². The summed E-state index contributed by atoms with van der Waals surface area (Å²) in [5.74, 6) is -1.46. The first-order valence-electron chi connectivity index (χ1n) is 9.03. The third kappa shape index (κ3) is 4.69. The highest BCUT2D eigenvalue weighted by atomic mass is 16.6. The number of carbonyl (C=O) groups excluding carboxylic acids is 1. The second kappa shape index (κ2) is 8.02. The summed E-state index contributed by atoms with van der Waals surface area (Å²) in [5.41, 5.74) is -1.39. The van der Waals surface area contributed by atoms with Crippen molar-refractivity contribution in [3.05, 3.63) is 42.1 Å². The van der Waals surface area contributed by atoms with Crippen LogP contribution in [0.5, 0.6) is 0 Å². The van der Waals surface area contributed by atoms with Crippen LogP contribution in [0.4, 0.5) is 4.79 Å². The Hall–Kier alpha value is -2.87. The number of nitrogens with one attached hydrogen (secondary N) is 1. The zero-order valence-corrected chi connectivity index (χ0v) is 16.8. The molecular weight excluding hydrogens is 362 g/mol. The Morgan fingerprint density at radius 2 is 1.82 bits per heavy atom. The predicted octanol–water partition coefficient (Wildman–Crippen LogP) is 2.66. The van der Waals surface area contributed by atoms with E-state index in [4.69, 9.17) is 4.74 Å². The lowest BCUT2D eigenvalue weighted by molar-refractivity contribution is -0.163. The van der Waals surface area contributed by atoms with Gasteiger partial charge in [-0.1, -0.05) is 31.2 Å². The SMILES string of the molecule is CCC(NC(=O)OC(C)(C)C)[C@@](O)(C(=O)O)c1ccc(-c2ccn(C)n2)cc1. The fourth-order valence-corrected chi connectivity index (χ4v) is 2.89. The lowest BCUT2D eigenvalue weighted by Gasteiger charge is -2.33. The molecule has 0 radical (unpaired) electrons. The molecule has 0 fully saturated rings. The number of ether oxygens (including phenoxy) is 1. The van der Waals surface area contributed by atoms with Gasteiger partial charge in [-0.2, -0.15) is 5.10 Å². The highest BCUT2D eigenvalue weighted by Crippen LogP contribution is 2.30. The maximum absolute atomic E-state index is 12.1. The van der Waals surface area contributed by atoms with Crippen molar-refractivity contribution in [1.29, 1.82) is 0 Å². The van der Waals surface area contributed by atoms with Gasteiger partial charge in [0.25, 0.3) is 0 Å². The zero-order valence-electron chi connectivity index (χ0n) is 16.8. The largest absolute Gasteiger partial charge is 0.479 e. The fraction of sp³-hybridized carbons (Fsp3) is 0.450. The number of carbonyl (C=O) groups is 2. The molecule has 0 bridgehead atoms. The van der Waals surface area contributed by atoms with Crippen molar-refractivity contribution in [2.75, 3.05) is 0 Å². The monoisotopic (exact) mass is 389 g/mol. The maximum Gasteiger partial charge on any atom is 0.407 e. The number of carboxylic acid groups (broad SMARTS) is 1. The van der Waals surface area contributed by atoms with Gasteiger partial charge < -0.3 is 20.3 Å². The fourth-order valence-electron chi connectivity index (χ4n) is 2.89. The van der Waals surface area contributed by atoms with Gasteiger partial charge in [0, 0.05) is 18.8 Å². The van der Waals surface area contributed by atoms with E-state index in [9.17, 15) is 19.8 Å². The van der Waals surface area contributed by atoms with E-state index in [1.807, 2.05) is 6.07 Å². The molecule has 8 nitrogen and oxygen atoms in total. The van der Waals surface area contributed by atoms with E-state index in [-0.39, 0.29) is 12.0 Å². The van der Waals surface area contributed by atoms with Gasteiger partial charge in [0.15, 0.2) is 0 Å². The average Bonchev–Trinajstić information content (AvgIpc) is 3.04. The first-order valence-corrected chi connectivity index (χ1v) is 9.03. The first kappa shape index (κ1) is 21.4. The van der Waals surface area contributed by atoms with Crippen molar-refractivity contribution in [3.8, 4) is 11.3 Å². The maximum atomic E-state index is 12.1. The Morgan fingerprint density at radius 1 is 1.21 bits per heavy atom. The summed E-state index contributed by atoms with van der Waals surface area (Å²) in [6.45, 7) is 6.78. The summed E-state index contributed by atoms with van der Waals surface area (Å²) in [6.07, 6.45) is 1.20. The molecule has 0 saturated carbocycles. The lowest BCUT2D eigenvalue weighted by atomic mass is 9.84. The number of carboxylic acids is 1. The summed E-state index contributed by atoms with van der Waals surface area (Å²) in [4.78, 5) is 24.1. The van der Waals surface area contributed by atoms with Crippen molar-refractivity contribution in [3.63, 3.8) is 0 Å². The van der Waals surface area contributed by atoms with Gasteiger partial charge in [-0.25, -0.2) is 9.59 Å². The number of aliphatic carboxylic acids is 1. The van der Waals surface area contributed by atoms with Crippen LogP contribution in [-0.2, 0) is 22.2 Å². The number of nitrogens with zero attached hydrogens (tertiary/aromatic N) is 2. The molecule has 2 atom stereocenters. The van der Waals surface area contributed by atoms with Crippen molar-refractivity contribution in [1.82, 2.24) is 15.1 Å². The van der Waals surface area contributed by atoms with E-state index in [1.54, 1.807) is 57.8 Å². The van der Waals surface area contributed by atoms with Gasteiger partial charge >= 0.3 is 12.1 Å². The van der Waals surface area contributed by atoms with Crippen LogP contribution in [0.1, 0.15) is 39.7 Å². The van der Waals surface area contributed by atoms with Gasteiger partial charge in [-0.15, -0.1) is 0 Å². The standard InChI is InChI=1S/C20H27N3O5/c1-6-16(21-18(26)28-19(2,3)4)20(27,17(24)25)14-9-7-13(8-10-14)15-11-12-23(5)22-15/h7-12,16,27H,6H2,1-5H3,(H,21,26)(H,24,25)/t16?,20-/m1/s1. The molecule has 2 rings (SSSR count). The van der Waals surface area contributed by atoms with Crippen molar-refractivity contribution < 1.29 is 24.5 Å². The zero-order chi connectivity index (χ0) is 21.1. The average molecular weight is 389 g/mol. The third-order valence-corrected chi connectivity index (χ3v) is 4.26. The van der Waals surface area contributed by atoms with Crippen LogP contribution in [0, 0.1) is 0 Å². The van der Waals surface area contributed by atoms with Gasteiger partial charge in [0.2, 0.25) is 5.60 Å². The van der Waals surface area contributed by atoms with Gasteiger partial charge in [0.05, 0.1) is 11.7 Å². The Bertz CT molecular complexity index is 838. The summed E-state index contributed by atoms with van der Waals surface area (Å²) in [7, 11) is 1.80. The van der Waals surface area contributed by atoms with Crippen LogP contribution in [0.3, 0.4) is 0 Å². The Morgan fingerprint density at radius 3 is 2.25 bits per heavy atom. The molecule has 0 spiro atoms. The number of hydrogen-bond donors (Lipinski definition) is 3. The predicted molar refractivity (Wildman–Crippen MR) is 104 cm³/mol. The van der Waals surface area contributed by atoms with E-state index < -0.39 is 29.3 Å². The molecule has 3 N–H and O–H groups in total. The van der Waals surface area contributed by atoms with Crippen molar-refractivity contribution in [2.24, 2.45) is 7.05 Å². The molecule has 8 heteroatoms. The number of amides is 1. The number of aliphatic hydroxyl groups is 1. The minimum absolute atomic E-state index is 0.155. The van der Waals surface area contributed by atoms with E-state index in [0.29, 0.717) is 0 Å². The quantitative estimate of drug-likeness (QED) is 0.700. The molecule has 152 valence electrons. The third-order valence-electron chi connectivity index (χ3n) is 4.26. The van der Waals surface area contributed by atoms with Crippen LogP contribution in [0.15, 0.2) is 36.5 Å². The Kier molecular flexibility index (Phi) is 6.14. The molecule has 0 saturated heterocycles. The molecule has 1 heterocycles. The number of benzene rings is 1. The molecule has 1 unspecified atom stereocenters. The molecule has 1 aromatic carbocycles. The molecule has 1 aromatic heterocycles.